The van der Waals surface area contributed by atoms with Gasteiger partial charge in [0.05, 0.1) is 25.4 Å². The maximum absolute atomic E-state index is 12.5. The molecule has 0 aliphatic heterocycles. The summed E-state index contributed by atoms with van der Waals surface area (Å²) in [6.07, 6.45) is 67.8. The fourth-order valence-electron chi connectivity index (χ4n) is 9.64. The number of ether oxygens (including phenoxy) is 1. The third-order valence-corrected chi connectivity index (χ3v) is 14.3. The first kappa shape index (κ1) is 65.6. The van der Waals surface area contributed by atoms with E-state index < -0.39 is 12.1 Å². The van der Waals surface area contributed by atoms with Crippen molar-refractivity contribution in [1.82, 2.24) is 5.32 Å². The molecule has 0 aliphatic carbocycles. The zero-order valence-electron chi connectivity index (χ0n) is 45.4. The summed E-state index contributed by atoms with van der Waals surface area (Å²) in [5, 5.41) is 23.4. The molecule has 0 aromatic carbocycles. The van der Waals surface area contributed by atoms with Gasteiger partial charge in [0, 0.05) is 12.8 Å². The minimum atomic E-state index is -0.674. The van der Waals surface area contributed by atoms with Crippen molar-refractivity contribution in [2.75, 3.05) is 13.2 Å². The number of carbonyl (C=O) groups excluding carboxylic acids is 2. The summed E-state index contributed by atoms with van der Waals surface area (Å²) < 4.78 is 5.46. The third kappa shape index (κ3) is 53.8. The van der Waals surface area contributed by atoms with Crippen LogP contribution < -0.4 is 5.32 Å². The Labute approximate surface area is 419 Å². The van der Waals surface area contributed by atoms with Gasteiger partial charge in [0.2, 0.25) is 5.91 Å². The number of allylic oxidation sites excluding steroid dienone is 2. The standard InChI is InChI=1S/C61H119NO5/c1-3-5-7-9-11-13-15-17-18-19-20-21-22-23-24-26-30-33-37-41-45-49-53-59(64)58(57-63)62-60(65)54-50-46-42-38-34-31-27-25-28-32-36-40-44-48-52-56-67-61(66)55-51-47-43-39-35-29-16-14-12-10-8-6-4-2/h28,32,58-59,63-64H,3-27,29-31,33-57H2,1-2H3,(H,62,65)/b32-28-. The summed E-state index contributed by atoms with van der Waals surface area (Å²) in [6.45, 7) is 4.95. The summed E-state index contributed by atoms with van der Waals surface area (Å²) in [4.78, 5) is 24.5. The van der Waals surface area contributed by atoms with Crippen LogP contribution >= 0.6 is 0 Å². The van der Waals surface area contributed by atoms with Crippen LogP contribution in [0.1, 0.15) is 341 Å². The number of rotatable bonds is 57. The summed E-state index contributed by atoms with van der Waals surface area (Å²) in [5.41, 5.74) is 0. The van der Waals surface area contributed by atoms with Crippen LogP contribution in [0.25, 0.3) is 0 Å². The number of carbonyl (C=O) groups is 2. The lowest BCUT2D eigenvalue weighted by Gasteiger charge is -2.22. The van der Waals surface area contributed by atoms with E-state index in [1.807, 2.05) is 0 Å². The Morgan fingerprint density at radius 2 is 0.701 bits per heavy atom. The number of hydrogen-bond acceptors (Lipinski definition) is 5. The summed E-state index contributed by atoms with van der Waals surface area (Å²) in [6, 6.07) is -0.553. The number of unbranched alkanes of at least 4 members (excludes halogenated alkanes) is 44. The van der Waals surface area contributed by atoms with Crippen LogP contribution in [0.5, 0.6) is 0 Å². The summed E-state index contributed by atoms with van der Waals surface area (Å²) in [7, 11) is 0. The second-order valence-corrected chi connectivity index (χ2v) is 21.0. The second-order valence-electron chi connectivity index (χ2n) is 21.0. The molecule has 3 N–H and O–H groups in total. The average molecular weight is 947 g/mol. The average Bonchev–Trinajstić information content (AvgIpc) is 3.33. The predicted octanol–water partition coefficient (Wildman–Crippen LogP) is 18.9. The van der Waals surface area contributed by atoms with Gasteiger partial charge < -0.3 is 20.3 Å². The summed E-state index contributed by atoms with van der Waals surface area (Å²) in [5.74, 6) is -0.0537. The Kier molecular flexibility index (Phi) is 56.0. The van der Waals surface area contributed by atoms with Gasteiger partial charge in [0.25, 0.3) is 0 Å². The van der Waals surface area contributed by atoms with Gasteiger partial charge in [-0.25, -0.2) is 0 Å². The van der Waals surface area contributed by atoms with Gasteiger partial charge in [-0.1, -0.05) is 289 Å². The van der Waals surface area contributed by atoms with Gasteiger partial charge in [-0.2, -0.15) is 0 Å². The van der Waals surface area contributed by atoms with Gasteiger partial charge in [0.1, 0.15) is 0 Å². The molecule has 6 heteroatoms. The molecule has 0 radical (unpaired) electrons. The minimum absolute atomic E-state index is 0.00750. The maximum atomic E-state index is 12.5. The molecule has 0 fully saturated rings. The van der Waals surface area contributed by atoms with E-state index in [0.717, 1.165) is 70.6 Å². The first-order chi connectivity index (χ1) is 33.0. The minimum Gasteiger partial charge on any atom is -0.466 e. The lowest BCUT2D eigenvalue weighted by molar-refractivity contribution is -0.143. The van der Waals surface area contributed by atoms with E-state index in [9.17, 15) is 19.8 Å². The number of hydrogen-bond donors (Lipinski definition) is 3. The molecule has 0 saturated carbocycles. The number of aliphatic hydroxyl groups is 2. The number of amides is 1. The first-order valence-electron chi connectivity index (χ1n) is 30.4. The van der Waals surface area contributed by atoms with Crippen molar-refractivity contribution >= 4 is 11.9 Å². The highest BCUT2D eigenvalue weighted by atomic mass is 16.5. The second kappa shape index (κ2) is 57.2. The zero-order valence-corrected chi connectivity index (χ0v) is 45.4. The van der Waals surface area contributed by atoms with Crippen LogP contribution in [0, 0.1) is 0 Å². The molecule has 0 spiro atoms. The molecule has 1 amide bonds. The molecule has 67 heavy (non-hydrogen) atoms. The van der Waals surface area contributed by atoms with Crippen molar-refractivity contribution < 1.29 is 24.5 Å². The molecule has 0 aromatic heterocycles. The molecular formula is C61H119NO5. The van der Waals surface area contributed by atoms with Crippen molar-refractivity contribution in [3.8, 4) is 0 Å². The van der Waals surface area contributed by atoms with Gasteiger partial charge in [-0.3, -0.25) is 9.59 Å². The van der Waals surface area contributed by atoms with Crippen LogP contribution in [-0.4, -0.2) is 47.4 Å². The van der Waals surface area contributed by atoms with Crippen LogP contribution in [0.2, 0.25) is 0 Å². The number of nitrogens with one attached hydrogen (secondary N) is 1. The van der Waals surface area contributed by atoms with Crippen molar-refractivity contribution in [3.05, 3.63) is 12.2 Å². The molecule has 0 rings (SSSR count). The highest BCUT2D eigenvalue weighted by Crippen LogP contribution is 2.18. The van der Waals surface area contributed by atoms with Crippen molar-refractivity contribution in [2.45, 2.75) is 353 Å². The molecule has 6 nitrogen and oxygen atoms in total. The molecule has 0 bridgehead atoms. The molecule has 398 valence electrons. The summed E-state index contributed by atoms with van der Waals surface area (Å²) >= 11 is 0. The number of esters is 1. The first-order valence-corrected chi connectivity index (χ1v) is 30.4. The van der Waals surface area contributed by atoms with Crippen molar-refractivity contribution in [3.63, 3.8) is 0 Å². The fourth-order valence-corrected chi connectivity index (χ4v) is 9.64. The molecule has 0 saturated heterocycles. The van der Waals surface area contributed by atoms with Crippen LogP contribution in [0.15, 0.2) is 12.2 Å². The molecule has 2 unspecified atom stereocenters. The lowest BCUT2D eigenvalue weighted by atomic mass is 10.0. The van der Waals surface area contributed by atoms with E-state index in [1.54, 1.807) is 0 Å². The molecule has 0 aliphatic rings. The van der Waals surface area contributed by atoms with Crippen LogP contribution in [0.4, 0.5) is 0 Å². The van der Waals surface area contributed by atoms with Crippen molar-refractivity contribution in [2.24, 2.45) is 0 Å². The Morgan fingerprint density at radius 1 is 0.403 bits per heavy atom. The smallest absolute Gasteiger partial charge is 0.305 e. The Balaban J connectivity index is 3.46. The van der Waals surface area contributed by atoms with Crippen LogP contribution in [-0.2, 0) is 14.3 Å². The Bertz CT molecular complexity index is 1000. The molecule has 2 atom stereocenters. The molecular weight excluding hydrogens is 827 g/mol. The van der Waals surface area contributed by atoms with E-state index in [4.69, 9.17) is 4.74 Å². The zero-order chi connectivity index (χ0) is 48.6. The SMILES string of the molecule is CCCCCCCCCCCCCCCCCCCCCCCCC(O)C(CO)NC(=O)CCCCCCCCC/C=C\CCCCCCOC(=O)CCCCCCCCCCCCCCC. The van der Waals surface area contributed by atoms with E-state index in [0.29, 0.717) is 25.9 Å². The fraction of sp³-hybridized carbons (Fsp3) is 0.934. The van der Waals surface area contributed by atoms with E-state index in [-0.39, 0.29) is 18.5 Å². The van der Waals surface area contributed by atoms with Crippen LogP contribution in [0.3, 0.4) is 0 Å². The van der Waals surface area contributed by atoms with Crippen molar-refractivity contribution in [1.29, 1.82) is 0 Å². The largest absolute Gasteiger partial charge is 0.466 e. The highest BCUT2D eigenvalue weighted by molar-refractivity contribution is 5.76. The van der Waals surface area contributed by atoms with Gasteiger partial charge in [-0.15, -0.1) is 0 Å². The van der Waals surface area contributed by atoms with E-state index in [2.05, 4.69) is 31.3 Å². The normalized spacial score (nSPS) is 12.6. The Morgan fingerprint density at radius 3 is 1.06 bits per heavy atom. The molecule has 0 aromatic rings. The van der Waals surface area contributed by atoms with Gasteiger partial charge >= 0.3 is 5.97 Å². The molecule has 0 heterocycles. The quantitative estimate of drug-likeness (QED) is 0.0321. The highest BCUT2D eigenvalue weighted by Gasteiger charge is 2.20. The number of aliphatic hydroxyl groups excluding tert-OH is 2. The lowest BCUT2D eigenvalue weighted by Crippen LogP contribution is -2.45. The topological polar surface area (TPSA) is 95.9 Å². The third-order valence-electron chi connectivity index (χ3n) is 14.3. The monoisotopic (exact) mass is 946 g/mol. The van der Waals surface area contributed by atoms with E-state index >= 15 is 0 Å². The predicted molar refractivity (Wildman–Crippen MR) is 292 cm³/mol. The van der Waals surface area contributed by atoms with Gasteiger partial charge in [-0.05, 0) is 51.4 Å². The van der Waals surface area contributed by atoms with E-state index in [1.165, 1.54) is 238 Å². The maximum Gasteiger partial charge on any atom is 0.305 e. The van der Waals surface area contributed by atoms with Gasteiger partial charge in [0.15, 0.2) is 0 Å². The Hall–Kier alpha value is -1.40.